The molecule has 1 aliphatic heterocycles. The van der Waals surface area contributed by atoms with Crippen LogP contribution in [0.2, 0.25) is 0 Å². The van der Waals surface area contributed by atoms with Crippen LogP contribution in [0.1, 0.15) is 42.1 Å². The second-order valence-electron chi connectivity index (χ2n) is 9.66. The van der Waals surface area contributed by atoms with Gasteiger partial charge in [-0.05, 0) is 42.7 Å². The molecule has 4 rings (SSSR count). The number of phenolic OH excluding ortho intramolecular Hbond substituents is 1. The molecule has 0 radical (unpaired) electrons. The number of hydrazone groups is 1. The van der Waals surface area contributed by atoms with Crippen LogP contribution in [0.25, 0.3) is 0 Å². The SMILES string of the molecule is C[C@@H]1CN(C(c2ccc(/C(N)=N/NCC(=O)O)cc2)c2cccc(O)c2)[C@@H](C)CN1Cc1ccccc1. The Kier molecular flexibility index (Phi) is 8.43. The van der Waals surface area contributed by atoms with Gasteiger partial charge < -0.3 is 15.9 Å². The van der Waals surface area contributed by atoms with Crippen LogP contribution in [0, 0.1) is 0 Å². The van der Waals surface area contributed by atoms with Gasteiger partial charge in [0.15, 0.2) is 5.84 Å². The number of amidine groups is 1. The van der Waals surface area contributed by atoms with E-state index in [1.807, 2.05) is 42.5 Å². The van der Waals surface area contributed by atoms with Gasteiger partial charge in [0.1, 0.15) is 12.3 Å². The quantitative estimate of drug-likeness (QED) is 0.202. The monoisotopic (exact) mass is 501 g/mol. The molecule has 0 spiro atoms. The highest BCUT2D eigenvalue weighted by atomic mass is 16.4. The Morgan fingerprint density at radius 3 is 2.41 bits per heavy atom. The minimum atomic E-state index is -1.01. The molecule has 1 aliphatic rings. The number of hydrogen-bond acceptors (Lipinski definition) is 6. The minimum Gasteiger partial charge on any atom is -0.508 e. The number of carboxylic acids is 1. The molecular formula is C29H35N5O3. The van der Waals surface area contributed by atoms with Gasteiger partial charge in [0.05, 0.1) is 6.04 Å². The fraction of sp³-hybridized carbons (Fsp3) is 0.310. The molecule has 3 atom stereocenters. The average molecular weight is 502 g/mol. The van der Waals surface area contributed by atoms with Gasteiger partial charge in [-0.25, -0.2) is 0 Å². The molecule has 0 amide bonds. The Labute approximate surface area is 218 Å². The van der Waals surface area contributed by atoms with E-state index < -0.39 is 5.97 Å². The maximum Gasteiger partial charge on any atom is 0.324 e. The maximum absolute atomic E-state index is 10.7. The first kappa shape index (κ1) is 26.2. The highest BCUT2D eigenvalue weighted by Gasteiger charge is 2.35. The van der Waals surface area contributed by atoms with Gasteiger partial charge in [-0.15, -0.1) is 0 Å². The van der Waals surface area contributed by atoms with E-state index >= 15 is 0 Å². The molecule has 1 fully saturated rings. The number of nitrogens with zero attached hydrogens (tertiary/aromatic N) is 3. The molecule has 3 aromatic rings. The predicted molar refractivity (Wildman–Crippen MR) is 145 cm³/mol. The molecule has 5 N–H and O–H groups in total. The number of nitrogens with one attached hydrogen (secondary N) is 1. The van der Waals surface area contributed by atoms with Crippen molar-refractivity contribution in [2.45, 2.75) is 38.5 Å². The van der Waals surface area contributed by atoms with Crippen molar-refractivity contribution in [1.82, 2.24) is 15.2 Å². The van der Waals surface area contributed by atoms with E-state index in [0.29, 0.717) is 11.6 Å². The lowest BCUT2D eigenvalue weighted by molar-refractivity contribution is -0.135. The third-order valence-corrected chi connectivity index (χ3v) is 6.86. The average Bonchev–Trinajstić information content (AvgIpc) is 2.88. The number of rotatable bonds is 9. The van der Waals surface area contributed by atoms with Crippen molar-refractivity contribution in [3.05, 3.63) is 101 Å². The van der Waals surface area contributed by atoms with E-state index in [-0.39, 0.29) is 30.2 Å². The normalized spacial score (nSPS) is 19.9. The first-order valence-corrected chi connectivity index (χ1v) is 12.5. The number of piperazine rings is 1. The van der Waals surface area contributed by atoms with E-state index in [0.717, 1.165) is 30.8 Å². The van der Waals surface area contributed by atoms with Crippen molar-refractivity contribution >= 4 is 11.8 Å². The van der Waals surface area contributed by atoms with Crippen LogP contribution in [0.15, 0.2) is 84.0 Å². The molecule has 0 aliphatic carbocycles. The van der Waals surface area contributed by atoms with Crippen molar-refractivity contribution in [3.63, 3.8) is 0 Å². The van der Waals surface area contributed by atoms with Gasteiger partial charge in [0.25, 0.3) is 0 Å². The van der Waals surface area contributed by atoms with Gasteiger partial charge in [-0.1, -0.05) is 66.7 Å². The molecule has 37 heavy (non-hydrogen) atoms. The van der Waals surface area contributed by atoms with Crippen molar-refractivity contribution in [2.24, 2.45) is 10.8 Å². The molecular weight excluding hydrogens is 466 g/mol. The summed E-state index contributed by atoms with van der Waals surface area (Å²) in [5.41, 5.74) is 12.6. The largest absolute Gasteiger partial charge is 0.508 e. The molecule has 0 bridgehead atoms. The van der Waals surface area contributed by atoms with Crippen LogP contribution in [-0.4, -0.2) is 63.5 Å². The second kappa shape index (κ2) is 11.9. The zero-order chi connectivity index (χ0) is 26.4. The first-order chi connectivity index (χ1) is 17.8. The molecule has 0 saturated carbocycles. The van der Waals surface area contributed by atoms with E-state index in [1.165, 1.54) is 5.56 Å². The number of hydrogen-bond donors (Lipinski definition) is 4. The van der Waals surface area contributed by atoms with Crippen LogP contribution in [0.5, 0.6) is 5.75 Å². The highest BCUT2D eigenvalue weighted by molar-refractivity contribution is 5.97. The summed E-state index contributed by atoms with van der Waals surface area (Å²) < 4.78 is 0. The summed E-state index contributed by atoms with van der Waals surface area (Å²) in [6.45, 7) is 6.94. The standard InChI is InChI=1S/C29H35N5O3/c1-20-18-34(21(2)17-33(20)19-22-7-4-3-5-8-22)28(25-9-6-10-26(35)15-25)23-11-13-24(14-12-23)29(30)32-31-16-27(36)37/h3-15,20-21,28,31,35H,16-19H2,1-2H3,(H2,30,32)(H,36,37)/t20-,21+,28?/m1/s1. The third-order valence-electron chi connectivity index (χ3n) is 6.86. The highest BCUT2D eigenvalue weighted by Crippen LogP contribution is 2.35. The van der Waals surface area contributed by atoms with Crippen LogP contribution in [0.4, 0.5) is 0 Å². The topological polar surface area (TPSA) is 114 Å². The molecule has 8 nitrogen and oxygen atoms in total. The van der Waals surface area contributed by atoms with Gasteiger partial charge in [0, 0.05) is 37.3 Å². The van der Waals surface area contributed by atoms with Crippen LogP contribution < -0.4 is 11.2 Å². The number of phenols is 1. The summed E-state index contributed by atoms with van der Waals surface area (Å²) in [7, 11) is 0. The van der Waals surface area contributed by atoms with Gasteiger partial charge >= 0.3 is 5.97 Å². The molecule has 1 unspecified atom stereocenters. The minimum absolute atomic E-state index is 0.0548. The molecule has 1 saturated heterocycles. The third kappa shape index (κ3) is 6.67. The smallest absolute Gasteiger partial charge is 0.324 e. The Morgan fingerprint density at radius 1 is 1.00 bits per heavy atom. The Balaban J connectivity index is 1.58. The summed E-state index contributed by atoms with van der Waals surface area (Å²) in [5, 5.41) is 23.0. The number of nitrogens with two attached hydrogens (primary N) is 1. The maximum atomic E-state index is 10.7. The number of carboxylic acid groups (broad SMARTS) is 1. The fourth-order valence-corrected chi connectivity index (χ4v) is 4.99. The van der Waals surface area contributed by atoms with E-state index in [2.05, 4.69) is 64.5 Å². The number of carbonyl (C=O) groups is 1. The van der Waals surface area contributed by atoms with Crippen LogP contribution in [0.3, 0.4) is 0 Å². The molecule has 194 valence electrons. The van der Waals surface area contributed by atoms with E-state index in [9.17, 15) is 9.90 Å². The lowest BCUT2D eigenvalue weighted by Gasteiger charge is -2.47. The molecule has 1 heterocycles. The lowest BCUT2D eigenvalue weighted by atomic mass is 9.92. The molecule has 0 aromatic heterocycles. The zero-order valence-electron chi connectivity index (χ0n) is 21.3. The van der Waals surface area contributed by atoms with Crippen molar-refractivity contribution < 1.29 is 15.0 Å². The fourth-order valence-electron chi connectivity index (χ4n) is 4.99. The van der Waals surface area contributed by atoms with Crippen LogP contribution >= 0.6 is 0 Å². The molecule has 8 heteroatoms. The number of aromatic hydroxyl groups is 1. The van der Waals surface area contributed by atoms with E-state index in [1.54, 1.807) is 6.07 Å². The van der Waals surface area contributed by atoms with Gasteiger partial charge in [-0.3, -0.25) is 20.0 Å². The number of aliphatic carboxylic acids is 1. The van der Waals surface area contributed by atoms with E-state index in [4.69, 9.17) is 10.8 Å². The summed E-state index contributed by atoms with van der Waals surface area (Å²) in [4.78, 5) is 15.7. The Hall–Kier alpha value is -3.88. The summed E-state index contributed by atoms with van der Waals surface area (Å²) >= 11 is 0. The van der Waals surface area contributed by atoms with Gasteiger partial charge in [-0.2, -0.15) is 5.10 Å². The second-order valence-corrected chi connectivity index (χ2v) is 9.66. The Bertz CT molecular complexity index is 1220. The van der Waals surface area contributed by atoms with Crippen molar-refractivity contribution in [3.8, 4) is 5.75 Å². The summed E-state index contributed by atoms with van der Waals surface area (Å²) in [5.74, 6) is -0.547. The predicted octanol–water partition coefficient (Wildman–Crippen LogP) is 3.37. The van der Waals surface area contributed by atoms with Crippen molar-refractivity contribution in [1.29, 1.82) is 0 Å². The Morgan fingerprint density at radius 2 is 1.73 bits per heavy atom. The van der Waals surface area contributed by atoms with Crippen LogP contribution in [-0.2, 0) is 11.3 Å². The van der Waals surface area contributed by atoms with Gasteiger partial charge in [0.2, 0.25) is 0 Å². The van der Waals surface area contributed by atoms with Crippen molar-refractivity contribution in [2.75, 3.05) is 19.6 Å². The zero-order valence-corrected chi connectivity index (χ0v) is 21.3. The molecule has 3 aromatic carbocycles. The summed E-state index contributed by atoms with van der Waals surface area (Å²) in [6, 6.07) is 26.4. The lowest BCUT2D eigenvalue weighted by Crippen LogP contribution is -2.56. The first-order valence-electron chi connectivity index (χ1n) is 12.5. The summed E-state index contributed by atoms with van der Waals surface area (Å²) in [6.07, 6.45) is 0. The number of benzene rings is 3.